The van der Waals surface area contributed by atoms with Crippen LogP contribution in [0.5, 0.6) is 0 Å². The van der Waals surface area contributed by atoms with Crippen molar-refractivity contribution in [2.75, 3.05) is 0 Å². The average molecular weight is 136 g/mol. The zero-order valence-electron chi connectivity index (χ0n) is 4.67. The maximum Gasteiger partial charge on any atom is 0.000956 e. The van der Waals surface area contributed by atoms with Crippen molar-refractivity contribution in [3.8, 4) is 0 Å². The third-order valence-electron chi connectivity index (χ3n) is 1.04. The first-order valence-corrected chi connectivity index (χ1v) is 6.45. The van der Waals surface area contributed by atoms with Crippen LogP contribution in [0.25, 0.3) is 0 Å². The molecule has 0 amide bonds. The number of hydrogen-bond acceptors (Lipinski definition) is 0. The molecule has 0 aliphatic rings. The van der Waals surface area contributed by atoms with Crippen LogP contribution in [-0.2, 0) is 0 Å². The second-order valence-electron chi connectivity index (χ2n) is 1.61. The molecule has 0 aromatic heterocycles. The molecule has 1 aromatic rings. The molecule has 0 radical (unpaired) electrons. The summed E-state index contributed by atoms with van der Waals surface area (Å²) in [6.07, 6.45) is 0. The summed E-state index contributed by atoms with van der Waals surface area (Å²) >= 11 is 0. The summed E-state index contributed by atoms with van der Waals surface area (Å²) in [4.78, 5) is 0. The van der Waals surface area contributed by atoms with E-state index in [-0.39, 0.29) is 0 Å². The van der Waals surface area contributed by atoms with Crippen LogP contribution in [0, 0.1) is 0 Å². The van der Waals surface area contributed by atoms with Crippen molar-refractivity contribution in [1.29, 1.82) is 0 Å². The van der Waals surface area contributed by atoms with Crippen molar-refractivity contribution >= 4 is 23.1 Å². The van der Waals surface area contributed by atoms with E-state index in [1.807, 2.05) is 0 Å². The van der Waals surface area contributed by atoms with Crippen LogP contribution >= 0.6 is 0 Å². The molecule has 0 N–H and O–H groups in total. The number of benzene rings is 1. The highest BCUT2D eigenvalue weighted by molar-refractivity contribution is 6.72. The van der Waals surface area contributed by atoms with Crippen molar-refractivity contribution in [1.82, 2.24) is 0 Å². The summed E-state index contributed by atoms with van der Waals surface area (Å²) < 4.78 is 0. The first-order valence-electron chi connectivity index (χ1n) is 2.61. The fourth-order valence-corrected chi connectivity index (χ4v) is 1.90. The quantitative estimate of drug-likeness (QED) is 0.448. The lowest BCUT2D eigenvalue weighted by molar-refractivity contribution is 1.77. The third-order valence-corrected chi connectivity index (χ3v) is 3.31. The molecule has 2 heteroatoms. The molecular formula is C6H8Si2. The third kappa shape index (κ3) is 1.31. The fraction of sp³-hybridized carbons (Fsp3) is 0. The fourth-order valence-electron chi connectivity index (χ4n) is 0.589. The Labute approximate surface area is 54.1 Å². The molecule has 0 spiro atoms. The van der Waals surface area contributed by atoms with E-state index in [1.54, 1.807) is 0 Å². The highest BCUT2D eigenvalue weighted by Gasteiger charge is 1.75. The van der Waals surface area contributed by atoms with E-state index in [4.69, 9.17) is 0 Å². The Hall–Kier alpha value is -0.346. The summed E-state index contributed by atoms with van der Waals surface area (Å²) in [5.74, 6) is 0. The molecule has 0 bridgehead atoms. The van der Waals surface area contributed by atoms with Crippen molar-refractivity contribution < 1.29 is 0 Å². The lowest BCUT2D eigenvalue weighted by Crippen LogP contribution is -2.03. The largest absolute Gasteiger partial charge is 0.0623 e. The van der Waals surface area contributed by atoms with E-state index < -0.39 is 0 Å². The Morgan fingerprint density at radius 2 is 1.75 bits per heavy atom. The molecule has 1 rings (SSSR count). The zero-order chi connectivity index (χ0) is 5.82. The summed E-state index contributed by atoms with van der Waals surface area (Å²) in [5, 5.41) is 1.51. The Bertz CT molecular complexity index is 169. The number of hydrogen-bond donors (Lipinski definition) is 0. The first kappa shape index (κ1) is 5.78. The molecule has 0 nitrogen and oxygen atoms in total. The van der Waals surface area contributed by atoms with E-state index in [0.717, 1.165) is 0 Å². The summed E-state index contributed by atoms with van der Waals surface area (Å²) in [6.45, 7) is 0. The van der Waals surface area contributed by atoms with E-state index in [9.17, 15) is 0 Å². The van der Waals surface area contributed by atoms with Crippen molar-refractivity contribution in [3.63, 3.8) is 0 Å². The molecule has 0 atom stereocenters. The van der Waals surface area contributed by atoms with Crippen LogP contribution < -0.4 is 5.19 Å². The number of rotatable bonds is 1. The Balaban J connectivity index is 2.99. The second kappa shape index (κ2) is 2.84. The molecule has 40 valence electrons. The van der Waals surface area contributed by atoms with Gasteiger partial charge < -0.3 is 0 Å². The van der Waals surface area contributed by atoms with Gasteiger partial charge in [-0.15, -0.1) is 0 Å². The maximum atomic E-state index is 2.18. The summed E-state index contributed by atoms with van der Waals surface area (Å²) in [7, 11) is 2.61. The van der Waals surface area contributed by atoms with Crippen molar-refractivity contribution in [3.05, 3.63) is 30.3 Å². The maximum absolute atomic E-state index is 2.18. The molecular weight excluding hydrogens is 128 g/mol. The van der Waals surface area contributed by atoms with Gasteiger partial charge in [-0.1, -0.05) is 35.5 Å². The minimum absolute atomic E-state index is 0.538. The lowest BCUT2D eigenvalue weighted by atomic mass is 10.4. The van der Waals surface area contributed by atoms with Crippen LogP contribution in [0.1, 0.15) is 0 Å². The van der Waals surface area contributed by atoms with Gasteiger partial charge >= 0.3 is 0 Å². The van der Waals surface area contributed by atoms with Crippen molar-refractivity contribution in [2.24, 2.45) is 0 Å². The molecule has 0 unspecified atom stereocenters. The van der Waals surface area contributed by atoms with E-state index >= 15 is 0 Å². The first-order chi connectivity index (χ1) is 3.93. The Kier molecular flexibility index (Phi) is 2.05. The van der Waals surface area contributed by atoms with Gasteiger partial charge in [-0.3, -0.25) is 0 Å². The van der Waals surface area contributed by atoms with Gasteiger partial charge in [-0.05, 0) is 9.34 Å². The summed E-state index contributed by atoms with van der Waals surface area (Å²) in [5.41, 5.74) is 0. The Morgan fingerprint density at radius 1 is 1.12 bits per heavy atom. The van der Waals surface area contributed by atoms with Crippen LogP contribution in [0.3, 0.4) is 0 Å². The van der Waals surface area contributed by atoms with Crippen LogP contribution in [0.4, 0.5) is 0 Å². The van der Waals surface area contributed by atoms with Crippen LogP contribution in [-0.4, -0.2) is 17.9 Å². The van der Waals surface area contributed by atoms with Gasteiger partial charge in [0.25, 0.3) is 0 Å². The molecule has 1 aromatic carbocycles. The van der Waals surface area contributed by atoms with Gasteiger partial charge in [0.1, 0.15) is 0 Å². The molecule has 0 fully saturated rings. The predicted octanol–water partition coefficient (Wildman–Crippen LogP) is -0.704. The van der Waals surface area contributed by atoms with Gasteiger partial charge in [0, 0.05) is 8.61 Å². The minimum atomic E-state index is 0.538. The SMILES string of the molecule is [SiH2]=[SiH]c1ccccc1. The molecule has 0 saturated heterocycles. The highest BCUT2D eigenvalue weighted by atomic mass is 28.8. The van der Waals surface area contributed by atoms with E-state index in [0.29, 0.717) is 8.61 Å². The molecule has 0 aliphatic carbocycles. The molecule has 0 saturated carbocycles. The van der Waals surface area contributed by atoms with E-state index in [1.165, 1.54) is 5.19 Å². The molecule has 8 heavy (non-hydrogen) atoms. The normalized spacial score (nSPS) is 8.50. The topological polar surface area (TPSA) is 0 Å². The molecule has 0 aliphatic heterocycles. The van der Waals surface area contributed by atoms with Gasteiger partial charge in [-0.25, -0.2) is 0 Å². The second-order valence-corrected chi connectivity index (χ2v) is 3.91. The monoisotopic (exact) mass is 136 g/mol. The predicted molar refractivity (Wildman–Crippen MR) is 41.8 cm³/mol. The Morgan fingerprint density at radius 3 is 2.12 bits per heavy atom. The lowest BCUT2D eigenvalue weighted by Gasteiger charge is -1.85. The smallest absolute Gasteiger partial charge is 0.000956 e. The standard InChI is InChI=1S/C6H8Si2/c7-8-6-4-2-1-3-5-6/h1-5,8H,7H2. The van der Waals surface area contributed by atoms with Crippen LogP contribution in [0.2, 0.25) is 0 Å². The minimum Gasteiger partial charge on any atom is -0.0623 e. The summed E-state index contributed by atoms with van der Waals surface area (Å²) in [6, 6.07) is 10.6. The zero-order valence-corrected chi connectivity index (χ0v) is 7.24. The van der Waals surface area contributed by atoms with Crippen LogP contribution in [0.15, 0.2) is 30.3 Å². The van der Waals surface area contributed by atoms with Gasteiger partial charge in [0.05, 0.1) is 0 Å². The van der Waals surface area contributed by atoms with Gasteiger partial charge in [-0.2, -0.15) is 0 Å². The average Bonchev–Trinajstić information content (AvgIpc) is 1.90. The molecule has 0 heterocycles. The van der Waals surface area contributed by atoms with Crippen molar-refractivity contribution in [2.45, 2.75) is 0 Å². The van der Waals surface area contributed by atoms with E-state index in [2.05, 4.69) is 39.7 Å². The van der Waals surface area contributed by atoms with Gasteiger partial charge in [0.2, 0.25) is 0 Å². The van der Waals surface area contributed by atoms with Gasteiger partial charge in [0.15, 0.2) is 0 Å². The highest BCUT2D eigenvalue weighted by Crippen LogP contribution is 1.77.